The minimum atomic E-state index is -3.96. The molecule has 0 bridgehead atoms. The van der Waals surface area contributed by atoms with Gasteiger partial charge in [-0.05, 0) is 12.1 Å². The van der Waals surface area contributed by atoms with Crippen LogP contribution in [-0.4, -0.2) is 19.4 Å². The van der Waals surface area contributed by atoms with Crippen molar-refractivity contribution < 1.29 is 8.42 Å². The Kier molecular flexibility index (Phi) is 2.99. The van der Waals surface area contributed by atoms with Crippen molar-refractivity contribution in [1.29, 1.82) is 0 Å². The highest BCUT2D eigenvalue weighted by atomic mass is 32.2. The number of nitrogens with two attached hydrogens (primary N) is 2. The number of pyridine rings is 1. The van der Waals surface area contributed by atoms with E-state index in [4.69, 9.17) is 5.73 Å². The van der Waals surface area contributed by atoms with Crippen molar-refractivity contribution in [2.45, 2.75) is 0 Å². The topological polar surface area (TPSA) is 123 Å². The number of anilines is 1. The monoisotopic (exact) mass is 215 g/mol. The third-order valence-electron chi connectivity index (χ3n) is 1.16. The summed E-state index contributed by atoms with van der Waals surface area (Å²) in [6.07, 6.45) is 3.03. The molecule has 8 heteroatoms. The molecule has 1 rings (SSSR count). The van der Waals surface area contributed by atoms with Gasteiger partial charge < -0.3 is 11.1 Å². The van der Waals surface area contributed by atoms with Crippen LogP contribution in [0.25, 0.3) is 0 Å². The van der Waals surface area contributed by atoms with Gasteiger partial charge in [-0.1, -0.05) is 0 Å². The maximum atomic E-state index is 10.5. The Morgan fingerprint density at radius 3 is 2.79 bits per heavy atom. The molecule has 0 radical (unpaired) electrons. The standard InChI is InChI=1S/C6H9N5O2S/c7-6(11-14(8,12)13)10-5-2-1-3-9-4-5/h1-4H,(H3,7,10,11)(H2,8,12,13). The lowest BCUT2D eigenvalue weighted by atomic mass is 10.4. The molecule has 0 aromatic carbocycles. The van der Waals surface area contributed by atoms with Crippen LogP contribution in [0.4, 0.5) is 5.69 Å². The molecule has 0 saturated carbocycles. The molecule has 76 valence electrons. The van der Waals surface area contributed by atoms with E-state index in [9.17, 15) is 8.42 Å². The molecule has 1 heterocycles. The highest BCUT2D eigenvalue weighted by Crippen LogP contribution is 2.01. The molecule has 0 atom stereocenters. The van der Waals surface area contributed by atoms with Crippen molar-refractivity contribution in [2.24, 2.45) is 15.3 Å². The summed E-state index contributed by atoms with van der Waals surface area (Å²) in [5.74, 6) is -0.305. The number of aromatic nitrogens is 1. The van der Waals surface area contributed by atoms with Crippen molar-refractivity contribution in [2.75, 3.05) is 5.32 Å². The van der Waals surface area contributed by atoms with Crippen molar-refractivity contribution >= 4 is 21.9 Å². The van der Waals surface area contributed by atoms with Gasteiger partial charge in [0.2, 0.25) is 5.96 Å². The molecule has 0 aliphatic carbocycles. The number of nitrogens with one attached hydrogen (secondary N) is 1. The molecule has 1 aromatic rings. The molecule has 1 aromatic heterocycles. The van der Waals surface area contributed by atoms with E-state index in [2.05, 4.69) is 19.8 Å². The fraction of sp³-hybridized carbons (Fsp3) is 0. The number of rotatable bonds is 2. The summed E-state index contributed by atoms with van der Waals surface area (Å²) in [6, 6.07) is 3.31. The van der Waals surface area contributed by atoms with Crippen LogP contribution in [0, 0.1) is 0 Å². The van der Waals surface area contributed by atoms with Crippen LogP contribution in [0.15, 0.2) is 28.9 Å². The SMILES string of the molecule is N/C(=N\S(N)(=O)=O)Nc1cccnc1. The van der Waals surface area contributed by atoms with Crippen LogP contribution in [-0.2, 0) is 10.2 Å². The predicted octanol–water partition coefficient (Wildman–Crippen LogP) is -0.988. The van der Waals surface area contributed by atoms with Gasteiger partial charge in [0.15, 0.2) is 0 Å². The van der Waals surface area contributed by atoms with Gasteiger partial charge in [-0.15, -0.1) is 4.40 Å². The molecule has 0 aliphatic heterocycles. The average molecular weight is 215 g/mol. The van der Waals surface area contributed by atoms with Crippen LogP contribution in [0.5, 0.6) is 0 Å². The smallest absolute Gasteiger partial charge is 0.320 e. The fourth-order valence-corrected chi connectivity index (χ4v) is 1.06. The molecule has 0 unspecified atom stereocenters. The third kappa shape index (κ3) is 3.83. The lowest BCUT2D eigenvalue weighted by Crippen LogP contribution is -2.25. The molecule has 0 aliphatic rings. The van der Waals surface area contributed by atoms with Crippen LogP contribution in [0.1, 0.15) is 0 Å². The molecule has 0 amide bonds. The van der Waals surface area contributed by atoms with E-state index >= 15 is 0 Å². The Labute approximate surface area is 81.0 Å². The quantitative estimate of drug-likeness (QED) is 0.431. The summed E-state index contributed by atoms with van der Waals surface area (Å²) in [5.41, 5.74) is 5.77. The summed E-state index contributed by atoms with van der Waals surface area (Å²) in [7, 11) is -3.96. The van der Waals surface area contributed by atoms with E-state index < -0.39 is 10.2 Å². The highest BCUT2D eigenvalue weighted by molar-refractivity contribution is 7.88. The van der Waals surface area contributed by atoms with Gasteiger partial charge in [0.1, 0.15) is 0 Å². The molecule has 0 fully saturated rings. The second-order valence-corrected chi connectivity index (χ2v) is 3.57. The Morgan fingerprint density at radius 1 is 1.57 bits per heavy atom. The Morgan fingerprint density at radius 2 is 2.29 bits per heavy atom. The highest BCUT2D eigenvalue weighted by Gasteiger charge is 2.00. The first-order valence-electron chi connectivity index (χ1n) is 3.52. The minimum absolute atomic E-state index is 0.305. The first kappa shape index (κ1) is 10.4. The number of hydrogen-bond acceptors (Lipinski definition) is 3. The summed E-state index contributed by atoms with van der Waals surface area (Å²) in [6.45, 7) is 0. The van der Waals surface area contributed by atoms with Gasteiger partial charge in [0.25, 0.3) is 0 Å². The van der Waals surface area contributed by atoms with Gasteiger partial charge >= 0.3 is 10.2 Å². The van der Waals surface area contributed by atoms with E-state index in [0.717, 1.165) is 0 Å². The largest absolute Gasteiger partial charge is 0.369 e. The molecular weight excluding hydrogens is 206 g/mol. The van der Waals surface area contributed by atoms with Crippen molar-refractivity contribution in [3.8, 4) is 0 Å². The maximum Gasteiger partial charge on any atom is 0.320 e. The molecule has 5 N–H and O–H groups in total. The van der Waals surface area contributed by atoms with Gasteiger partial charge in [-0.3, -0.25) is 4.98 Å². The molecule has 14 heavy (non-hydrogen) atoms. The first-order valence-corrected chi connectivity index (χ1v) is 5.03. The third-order valence-corrected chi connectivity index (χ3v) is 1.61. The number of nitrogens with zero attached hydrogens (tertiary/aromatic N) is 2. The zero-order valence-corrected chi connectivity index (χ0v) is 7.90. The fourth-order valence-electron chi connectivity index (χ4n) is 0.744. The van der Waals surface area contributed by atoms with Crippen molar-refractivity contribution in [3.63, 3.8) is 0 Å². The molecular formula is C6H9N5O2S. The second-order valence-electron chi connectivity index (χ2n) is 2.36. The van der Waals surface area contributed by atoms with Gasteiger partial charge in [-0.25, -0.2) is 5.14 Å². The Balaban J connectivity index is 2.77. The molecule has 7 nitrogen and oxygen atoms in total. The van der Waals surface area contributed by atoms with E-state index in [-0.39, 0.29) is 5.96 Å². The van der Waals surface area contributed by atoms with Gasteiger partial charge in [0, 0.05) is 6.20 Å². The van der Waals surface area contributed by atoms with Crippen molar-refractivity contribution in [3.05, 3.63) is 24.5 Å². The first-order chi connectivity index (χ1) is 6.47. The molecule has 0 spiro atoms. The second kappa shape index (κ2) is 4.03. The lowest BCUT2D eigenvalue weighted by Gasteiger charge is -2.02. The van der Waals surface area contributed by atoms with Crippen molar-refractivity contribution in [1.82, 2.24) is 4.98 Å². The number of guanidine groups is 1. The van der Waals surface area contributed by atoms with E-state index in [0.29, 0.717) is 5.69 Å². The van der Waals surface area contributed by atoms with E-state index in [1.54, 1.807) is 18.3 Å². The summed E-state index contributed by atoms with van der Waals surface area (Å²) in [4.78, 5) is 3.78. The Bertz CT molecular complexity index is 427. The van der Waals surface area contributed by atoms with E-state index in [1.807, 2.05) is 0 Å². The minimum Gasteiger partial charge on any atom is -0.369 e. The predicted molar refractivity (Wildman–Crippen MR) is 52.6 cm³/mol. The maximum absolute atomic E-state index is 10.5. The summed E-state index contributed by atoms with van der Waals surface area (Å²) in [5, 5.41) is 7.14. The van der Waals surface area contributed by atoms with Gasteiger partial charge in [0.05, 0.1) is 11.9 Å². The lowest BCUT2D eigenvalue weighted by molar-refractivity contribution is 0.599. The zero-order valence-electron chi connectivity index (χ0n) is 7.08. The van der Waals surface area contributed by atoms with Crippen LogP contribution in [0.3, 0.4) is 0 Å². The zero-order chi connectivity index (χ0) is 10.6. The Hall–Kier alpha value is -1.67. The number of hydrogen-bond donors (Lipinski definition) is 3. The van der Waals surface area contributed by atoms with E-state index in [1.165, 1.54) is 6.20 Å². The van der Waals surface area contributed by atoms with Crippen LogP contribution < -0.4 is 16.2 Å². The van der Waals surface area contributed by atoms with Crippen LogP contribution in [0.2, 0.25) is 0 Å². The average Bonchev–Trinajstić information content (AvgIpc) is 2.02. The summed E-state index contributed by atoms with van der Waals surface area (Å²) >= 11 is 0. The summed E-state index contributed by atoms with van der Waals surface area (Å²) < 4.78 is 24.0. The van der Waals surface area contributed by atoms with Gasteiger partial charge in [-0.2, -0.15) is 8.42 Å². The normalized spacial score (nSPS) is 12.5. The van der Waals surface area contributed by atoms with Crippen LogP contribution >= 0.6 is 0 Å². The molecule has 0 saturated heterocycles.